The molecule has 0 saturated carbocycles. The molecular formula is C47H30N2O. The molecule has 0 radical (unpaired) electrons. The van der Waals surface area contributed by atoms with Crippen LogP contribution in [0.2, 0.25) is 0 Å². The van der Waals surface area contributed by atoms with Crippen molar-refractivity contribution >= 4 is 43.7 Å². The van der Waals surface area contributed by atoms with Crippen molar-refractivity contribution in [2.24, 2.45) is 0 Å². The van der Waals surface area contributed by atoms with Gasteiger partial charge in [-0.05, 0) is 76.9 Å². The van der Waals surface area contributed by atoms with Crippen LogP contribution in [0.25, 0.3) is 94.2 Å². The predicted molar refractivity (Wildman–Crippen MR) is 208 cm³/mol. The third-order valence-corrected chi connectivity index (χ3v) is 9.79. The Morgan fingerprint density at radius 1 is 0.380 bits per heavy atom. The maximum atomic E-state index is 7.02. The fourth-order valence-electron chi connectivity index (χ4n) is 7.47. The summed E-state index contributed by atoms with van der Waals surface area (Å²) in [4.78, 5) is 5.29. The second kappa shape index (κ2) is 11.5. The van der Waals surface area contributed by atoms with Gasteiger partial charge in [0.15, 0.2) is 0 Å². The zero-order valence-corrected chi connectivity index (χ0v) is 27.1. The molecule has 0 fully saturated rings. The standard InChI is InChI=1S/C47H30N2O/c1-4-14-31(15-5-1)33-18-12-19-34(28-33)35-29-41(32-16-6-2-7-17-32)48-42(30-35)39-24-13-23-37-38-26-27-44-45(47(38)50-46(37)39)40-22-10-11-25-43(40)49(44)36-20-8-3-9-21-36/h1-30H. The van der Waals surface area contributed by atoms with Gasteiger partial charge in [0.2, 0.25) is 0 Å². The molecule has 0 N–H and O–H groups in total. The van der Waals surface area contributed by atoms with E-state index in [9.17, 15) is 0 Å². The Hall–Kier alpha value is -6.71. The Morgan fingerprint density at radius 3 is 1.78 bits per heavy atom. The molecule has 234 valence electrons. The van der Waals surface area contributed by atoms with Gasteiger partial charge in [-0.15, -0.1) is 0 Å². The number of benzene rings is 7. The summed E-state index contributed by atoms with van der Waals surface area (Å²) in [5.74, 6) is 0. The van der Waals surface area contributed by atoms with Crippen molar-refractivity contribution in [1.82, 2.24) is 9.55 Å². The molecule has 0 bridgehead atoms. The van der Waals surface area contributed by atoms with Gasteiger partial charge in [-0.3, -0.25) is 0 Å². The minimum absolute atomic E-state index is 0.841. The molecule has 0 aliphatic heterocycles. The van der Waals surface area contributed by atoms with Crippen molar-refractivity contribution in [1.29, 1.82) is 0 Å². The van der Waals surface area contributed by atoms with E-state index in [1.165, 1.54) is 16.5 Å². The average Bonchev–Trinajstić information content (AvgIpc) is 3.75. The van der Waals surface area contributed by atoms with E-state index in [4.69, 9.17) is 9.40 Å². The lowest BCUT2D eigenvalue weighted by molar-refractivity contribution is 0.674. The lowest BCUT2D eigenvalue weighted by atomic mass is 9.96. The number of para-hydroxylation sites is 3. The van der Waals surface area contributed by atoms with Crippen molar-refractivity contribution in [3.63, 3.8) is 0 Å². The number of hydrogen-bond donors (Lipinski definition) is 0. The second-order valence-electron chi connectivity index (χ2n) is 12.7. The largest absolute Gasteiger partial charge is 0.455 e. The van der Waals surface area contributed by atoms with Gasteiger partial charge in [-0.2, -0.15) is 0 Å². The Balaban J connectivity index is 1.22. The van der Waals surface area contributed by atoms with Gasteiger partial charge in [-0.1, -0.05) is 127 Å². The van der Waals surface area contributed by atoms with Crippen LogP contribution in [0.1, 0.15) is 0 Å². The fourth-order valence-corrected chi connectivity index (χ4v) is 7.47. The number of rotatable bonds is 5. The number of nitrogens with zero attached hydrogens (tertiary/aromatic N) is 2. The first-order valence-corrected chi connectivity index (χ1v) is 17.0. The number of aromatic nitrogens is 2. The summed E-state index contributed by atoms with van der Waals surface area (Å²) in [6.45, 7) is 0. The normalized spacial score (nSPS) is 11.6. The van der Waals surface area contributed by atoms with Crippen LogP contribution in [-0.2, 0) is 0 Å². The molecule has 0 spiro atoms. The van der Waals surface area contributed by atoms with E-state index in [0.29, 0.717) is 0 Å². The number of hydrogen-bond acceptors (Lipinski definition) is 2. The van der Waals surface area contributed by atoms with Gasteiger partial charge in [0.25, 0.3) is 0 Å². The Bertz CT molecular complexity index is 2850. The molecule has 50 heavy (non-hydrogen) atoms. The summed E-state index contributed by atoms with van der Waals surface area (Å²) in [6.07, 6.45) is 0. The molecule has 0 saturated heterocycles. The first-order chi connectivity index (χ1) is 24.8. The quantitative estimate of drug-likeness (QED) is 0.188. The van der Waals surface area contributed by atoms with Gasteiger partial charge in [0, 0.05) is 33.0 Å². The average molecular weight is 639 g/mol. The number of furan rings is 1. The molecule has 3 nitrogen and oxygen atoms in total. The van der Waals surface area contributed by atoms with E-state index in [0.717, 1.165) is 77.7 Å². The van der Waals surface area contributed by atoms with E-state index >= 15 is 0 Å². The summed E-state index contributed by atoms with van der Waals surface area (Å²) < 4.78 is 9.36. The zero-order valence-electron chi connectivity index (χ0n) is 27.1. The molecule has 7 aromatic carbocycles. The van der Waals surface area contributed by atoms with Crippen LogP contribution in [0.5, 0.6) is 0 Å². The Kier molecular flexibility index (Phi) is 6.49. The lowest BCUT2D eigenvalue weighted by Gasteiger charge is -2.12. The van der Waals surface area contributed by atoms with Crippen molar-refractivity contribution in [3.8, 4) is 50.5 Å². The highest BCUT2D eigenvalue weighted by Crippen LogP contribution is 2.43. The number of pyridine rings is 1. The highest BCUT2D eigenvalue weighted by atomic mass is 16.3. The molecule has 0 amide bonds. The molecule has 10 rings (SSSR count). The van der Waals surface area contributed by atoms with Crippen LogP contribution < -0.4 is 0 Å². The third-order valence-electron chi connectivity index (χ3n) is 9.79. The number of fused-ring (bicyclic) bond motifs is 7. The molecule has 0 aliphatic rings. The summed E-state index contributed by atoms with van der Waals surface area (Å²) in [6, 6.07) is 64.1. The molecule has 0 unspecified atom stereocenters. The van der Waals surface area contributed by atoms with Gasteiger partial charge in [0.05, 0.1) is 27.8 Å². The SMILES string of the molecule is c1ccc(-c2cccc(-c3cc(-c4ccccc4)nc(-c4cccc5c4oc4c5ccc5c4c4ccccc4n5-c4ccccc4)c3)c2)cc1. The van der Waals surface area contributed by atoms with Gasteiger partial charge >= 0.3 is 0 Å². The van der Waals surface area contributed by atoms with Crippen LogP contribution in [-0.4, -0.2) is 9.55 Å². The highest BCUT2D eigenvalue weighted by Gasteiger charge is 2.21. The van der Waals surface area contributed by atoms with Crippen LogP contribution in [0, 0.1) is 0 Å². The summed E-state index contributed by atoms with van der Waals surface area (Å²) in [7, 11) is 0. The third kappa shape index (κ3) is 4.56. The van der Waals surface area contributed by atoms with E-state index in [2.05, 4.69) is 180 Å². The van der Waals surface area contributed by atoms with E-state index in [-0.39, 0.29) is 0 Å². The van der Waals surface area contributed by atoms with Crippen LogP contribution >= 0.6 is 0 Å². The molecule has 3 heteroatoms. The highest BCUT2D eigenvalue weighted by molar-refractivity contribution is 6.24. The maximum absolute atomic E-state index is 7.02. The van der Waals surface area contributed by atoms with Gasteiger partial charge in [-0.25, -0.2) is 4.98 Å². The van der Waals surface area contributed by atoms with Gasteiger partial charge < -0.3 is 8.98 Å². The smallest absolute Gasteiger partial charge is 0.145 e. The Labute approximate surface area is 289 Å². The first kappa shape index (κ1) is 28.3. The van der Waals surface area contributed by atoms with E-state index in [1.807, 2.05) is 6.07 Å². The summed E-state index contributed by atoms with van der Waals surface area (Å²) in [5.41, 5.74) is 13.6. The van der Waals surface area contributed by atoms with Crippen molar-refractivity contribution < 1.29 is 4.42 Å². The lowest BCUT2D eigenvalue weighted by Crippen LogP contribution is -1.92. The van der Waals surface area contributed by atoms with Gasteiger partial charge in [0.1, 0.15) is 11.2 Å². The first-order valence-electron chi connectivity index (χ1n) is 17.0. The second-order valence-corrected chi connectivity index (χ2v) is 12.7. The minimum atomic E-state index is 0.841. The van der Waals surface area contributed by atoms with E-state index in [1.54, 1.807) is 0 Å². The van der Waals surface area contributed by atoms with Crippen molar-refractivity contribution in [3.05, 3.63) is 182 Å². The minimum Gasteiger partial charge on any atom is -0.455 e. The van der Waals surface area contributed by atoms with Crippen LogP contribution in [0.15, 0.2) is 186 Å². The topological polar surface area (TPSA) is 31.0 Å². The van der Waals surface area contributed by atoms with E-state index < -0.39 is 0 Å². The van der Waals surface area contributed by atoms with Crippen LogP contribution in [0.3, 0.4) is 0 Å². The van der Waals surface area contributed by atoms with Crippen LogP contribution in [0.4, 0.5) is 0 Å². The summed E-state index contributed by atoms with van der Waals surface area (Å²) >= 11 is 0. The molecule has 3 aromatic heterocycles. The van der Waals surface area contributed by atoms with Crippen molar-refractivity contribution in [2.45, 2.75) is 0 Å². The van der Waals surface area contributed by atoms with Crippen molar-refractivity contribution in [2.75, 3.05) is 0 Å². The monoisotopic (exact) mass is 638 g/mol. The molecular weight excluding hydrogens is 609 g/mol. The maximum Gasteiger partial charge on any atom is 0.145 e. The molecule has 0 aliphatic carbocycles. The Morgan fingerprint density at radius 2 is 0.980 bits per heavy atom. The molecule has 0 atom stereocenters. The summed E-state index contributed by atoms with van der Waals surface area (Å²) in [5, 5.41) is 4.46. The predicted octanol–water partition coefficient (Wildman–Crippen LogP) is 12.7. The molecule has 3 heterocycles. The fraction of sp³-hybridized carbons (Fsp3) is 0. The molecule has 10 aromatic rings. The zero-order chi connectivity index (χ0) is 33.0.